The Kier molecular flexibility index (Phi) is 8.30. The summed E-state index contributed by atoms with van der Waals surface area (Å²) in [5.74, 6) is -1.10. The Hall–Kier alpha value is -1.81. The van der Waals surface area contributed by atoms with Gasteiger partial charge >= 0.3 is 5.97 Å². The topological polar surface area (TPSA) is 55.1 Å². The van der Waals surface area contributed by atoms with Crippen LogP contribution in [0.15, 0.2) is 49.1 Å². The van der Waals surface area contributed by atoms with Crippen molar-refractivity contribution < 1.29 is 9.90 Å². The van der Waals surface area contributed by atoms with Gasteiger partial charge in [0.25, 0.3) is 0 Å². The Morgan fingerprint density at radius 1 is 1.14 bits per heavy atom. The van der Waals surface area contributed by atoms with Gasteiger partial charge in [-0.1, -0.05) is 49.6 Å². The molecule has 1 aromatic heterocycles. The minimum absolute atomic E-state index is 0. The van der Waals surface area contributed by atoms with Crippen molar-refractivity contribution in [1.29, 1.82) is 0 Å². The van der Waals surface area contributed by atoms with Crippen molar-refractivity contribution in [1.82, 2.24) is 9.55 Å². The summed E-state index contributed by atoms with van der Waals surface area (Å²) in [5, 5.41) is 9.34. The lowest BCUT2D eigenvalue weighted by Crippen LogP contribution is -2.11. The molecule has 0 saturated carbocycles. The smallest absolute Gasteiger partial charge is 0.310 e. The molecular weight excluding hydrogens is 300 g/mol. The first-order chi connectivity index (χ1) is 10.3. The highest BCUT2D eigenvalue weighted by atomic mass is 35.5. The largest absolute Gasteiger partial charge is 0.481 e. The Morgan fingerprint density at radius 3 is 2.50 bits per heavy atom. The van der Waals surface area contributed by atoms with E-state index < -0.39 is 5.97 Å². The number of aryl methyl sites for hydroxylation is 1. The van der Waals surface area contributed by atoms with Gasteiger partial charge in [-0.15, -0.1) is 12.4 Å². The van der Waals surface area contributed by atoms with Crippen LogP contribution in [-0.2, 0) is 11.3 Å². The number of rotatable bonds is 9. The van der Waals surface area contributed by atoms with Crippen molar-refractivity contribution in [2.75, 3.05) is 0 Å². The van der Waals surface area contributed by atoms with Crippen molar-refractivity contribution in [2.24, 2.45) is 0 Å². The summed E-state index contributed by atoms with van der Waals surface area (Å²) in [7, 11) is 0. The number of aromatic nitrogens is 2. The number of hydrogen-bond donors (Lipinski definition) is 1. The maximum absolute atomic E-state index is 11.4. The van der Waals surface area contributed by atoms with Crippen molar-refractivity contribution in [2.45, 2.75) is 44.6 Å². The molecule has 0 aliphatic rings. The minimum Gasteiger partial charge on any atom is -0.481 e. The van der Waals surface area contributed by atoms with Crippen LogP contribution in [0.3, 0.4) is 0 Å². The molecule has 2 rings (SSSR count). The second kappa shape index (κ2) is 10.0. The summed E-state index contributed by atoms with van der Waals surface area (Å²) in [5.41, 5.74) is 0.906. The van der Waals surface area contributed by atoms with Crippen molar-refractivity contribution >= 4 is 18.4 Å². The molecule has 0 radical (unpaired) electrons. The van der Waals surface area contributed by atoms with Gasteiger partial charge in [0.15, 0.2) is 0 Å². The fourth-order valence-electron chi connectivity index (χ4n) is 2.53. The molecule has 0 aliphatic carbocycles. The highest BCUT2D eigenvalue weighted by molar-refractivity contribution is 5.85. The molecule has 0 bridgehead atoms. The number of carboxylic acid groups (broad SMARTS) is 1. The first kappa shape index (κ1) is 18.2. The lowest BCUT2D eigenvalue weighted by atomic mass is 9.93. The molecule has 2 aromatic rings. The monoisotopic (exact) mass is 322 g/mol. The summed E-state index contributed by atoms with van der Waals surface area (Å²) < 4.78 is 2.07. The summed E-state index contributed by atoms with van der Waals surface area (Å²) in [6, 6.07) is 9.51. The molecular formula is C17H23ClN2O2. The maximum atomic E-state index is 11.4. The highest BCUT2D eigenvalue weighted by Crippen LogP contribution is 2.22. The molecule has 0 fully saturated rings. The third kappa shape index (κ3) is 5.90. The van der Waals surface area contributed by atoms with Gasteiger partial charge < -0.3 is 9.67 Å². The zero-order valence-corrected chi connectivity index (χ0v) is 13.4. The lowest BCUT2D eigenvalue weighted by molar-refractivity contribution is -0.139. The third-order valence-electron chi connectivity index (χ3n) is 3.72. The standard InChI is InChI=1S/C17H22N2O2.ClH/c20-17(21)16(15-8-4-3-5-9-15)10-6-1-2-7-12-19-13-11-18-14-19;/h3-5,8-9,11,13-14,16H,1-2,6-7,10,12H2,(H,20,21);1H. The summed E-state index contributed by atoms with van der Waals surface area (Å²) >= 11 is 0. The van der Waals surface area contributed by atoms with Crippen LogP contribution in [0.5, 0.6) is 0 Å². The first-order valence-electron chi connectivity index (χ1n) is 7.51. The predicted octanol–water partition coefficient (Wildman–Crippen LogP) is 4.12. The van der Waals surface area contributed by atoms with Crippen molar-refractivity contribution in [3.63, 3.8) is 0 Å². The molecule has 4 nitrogen and oxygen atoms in total. The fraction of sp³-hybridized carbons (Fsp3) is 0.412. The number of carboxylic acids is 1. The van der Waals surface area contributed by atoms with Gasteiger partial charge in [0.1, 0.15) is 0 Å². The van der Waals surface area contributed by atoms with Gasteiger partial charge in [-0.3, -0.25) is 4.79 Å². The van der Waals surface area contributed by atoms with Crippen LogP contribution in [0.25, 0.3) is 0 Å². The number of aliphatic carboxylic acids is 1. The van der Waals surface area contributed by atoms with Gasteiger partial charge in [0, 0.05) is 18.9 Å². The van der Waals surface area contributed by atoms with Gasteiger partial charge in [-0.05, 0) is 18.4 Å². The molecule has 0 saturated heterocycles. The normalized spacial score (nSPS) is 11.6. The second-order valence-electron chi connectivity index (χ2n) is 5.30. The number of halogens is 1. The van der Waals surface area contributed by atoms with E-state index in [4.69, 9.17) is 0 Å². The van der Waals surface area contributed by atoms with Gasteiger partial charge in [0.2, 0.25) is 0 Å². The number of nitrogens with zero attached hydrogens (tertiary/aromatic N) is 2. The van der Waals surface area contributed by atoms with Gasteiger partial charge in [-0.25, -0.2) is 4.98 Å². The van der Waals surface area contributed by atoms with E-state index in [0.717, 1.165) is 37.8 Å². The first-order valence-corrected chi connectivity index (χ1v) is 7.51. The van der Waals surface area contributed by atoms with E-state index in [9.17, 15) is 9.90 Å². The molecule has 0 spiro atoms. The van der Waals surface area contributed by atoms with Crippen LogP contribution in [0, 0.1) is 0 Å². The summed E-state index contributed by atoms with van der Waals surface area (Å²) in [6.45, 7) is 0.987. The zero-order chi connectivity index (χ0) is 14.9. The Labute approximate surface area is 137 Å². The zero-order valence-electron chi connectivity index (χ0n) is 12.6. The van der Waals surface area contributed by atoms with Crippen LogP contribution in [0.4, 0.5) is 0 Å². The third-order valence-corrected chi connectivity index (χ3v) is 3.72. The molecule has 1 atom stereocenters. The molecule has 1 heterocycles. The minimum atomic E-state index is -0.723. The van der Waals surface area contributed by atoms with Gasteiger partial charge in [-0.2, -0.15) is 0 Å². The number of imidazole rings is 1. The molecule has 1 unspecified atom stereocenters. The van der Waals surface area contributed by atoms with E-state index >= 15 is 0 Å². The fourth-order valence-corrected chi connectivity index (χ4v) is 2.53. The summed E-state index contributed by atoms with van der Waals surface area (Å²) in [6.07, 6.45) is 10.6. The van der Waals surface area contributed by atoms with Crippen LogP contribution in [0.1, 0.15) is 43.6 Å². The highest BCUT2D eigenvalue weighted by Gasteiger charge is 2.18. The van der Waals surface area contributed by atoms with E-state index in [1.54, 1.807) is 6.20 Å². The lowest BCUT2D eigenvalue weighted by Gasteiger charge is -2.12. The van der Waals surface area contributed by atoms with Crippen molar-refractivity contribution in [3.8, 4) is 0 Å². The molecule has 1 N–H and O–H groups in total. The number of hydrogen-bond acceptors (Lipinski definition) is 2. The maximum Gasteiger partial charge on any atom is 0.310 e. The van der Waals surface area contributed by atoms with Gasteiger partial charge in [0.05, 0.1) is 12.2 Å². The van der Waals surface area contributed by atoms with Crippen molar-refractivity contribution in [3.05, 3.63) is 54.6 Å². The van der Waals surface area contributed by atoms with E-state index in [1.165, 1.54) is 0 Å². The van der Waals surface area contributed by atoms with Crippen LogP contribution >= 0.6 is 12.4 Å². The number of benzene rings is 1. The number of carbonyl (C=O) groups is 1. The number of unbranched alkanes of at least 4 members (excludes halogenated alkanes) is 3. The molecule has 5 heteroatoms. The Bertz CT molecular complexity index is 529. The SMILES string of the molecule is Cl.O=C(O)C(CCCCCCn1ccnc1)c1ccccc1. The van der Waals surface area contributed by atoms with Crippen LogP contribution in [0.2, 0.25) is 0 Å². The molecule has 0 aliphatic heterocycles. The summed E-state index contributed by atoms with van der Waals surface area (Å²) in [4.78, 5) is 15.4. The molecule has 120 valence electrons. The predicted molar refractivity (Wildman–Crippen MR) is 89.4 cm³/mol. The molecule has 22 heavy (non-hydrogen) atoms. The van der Waals surface area contributed by atoms with E-state index in [1.807, 2.05) is 42.9 Å². The average molecular weight is 323 g/mol. The molecule has 0 amide bonds. The van der Waals surface area contributed by atoms with Crippen LogP contribution in [-0.4, -0.2) is 20.6 Å². The Morgan fingerprint density at radius 2 is 1.86 bits per heavy atom. The van der Waals surface area contributed by atoms with E-state index in [-0.39, 0.29) is 18.3 Å². The van der Waals surface area contributed by atoms with E-state index in [0.29, 0.717) is 6.42 Å². The van der Waals surface area contributed by atoms with E-state index in [2.05, 4.69) is 9.55 Å². The molecule has 1 aromatic carbocycles. The quantitative estimate of drug-likeness (QED) is 0.706. The van der Waals surface area contributed by atoms with Crippen LogP contribution < -0.4 is 0 Å². The Balaban J connectivity index is 0.00000242. The second-order valence-corrected chi connectivity index (χ2v) is 5.30. The average Bonchev–Trinajstić information content (AvgIpc) is 3.00.